The minimum atomic E-state index is 0.0706. The number of hydrogen-bond acceptors (Lipinski definition) is 3. The van der Waals surface area contributed by atoms with E-state index in [1.165, 1.54) is 0 Å². The Labute approximate surface area is 121 Å². The number of benzene rings is 1. The zero-order valence-corrected chi connectivity index (χ0v) is 12.7. The molecule has 0 aromatic heterocycles. The number of rotatable bonds is 3. The number of nitrogens with two attached hydrogens (primary N) is 1. The molecule has 2 rings (SSSR count). The summed E-state index contributed by atoms with van der Waals surface area (Å²) in [5.74, 6) is 0.628. The van der Waals surface area contributed by atoms with Crippen LogP contribution in [0, 0.1) is 5.92 Å². The van der Waals surface area contributed by atoms with Crippen molar-refractivity contribution in [3.05, 3.63) is 24.3 Å². The van der Waals surface area contributed by atoms with Gasteiger partial charge in [0, 0.05) is 32.6 Å². The quantitative estimate of drug-likeness (QED) is 0.920. The van der Waals surface area contributed by atoms with Gasteiger partial charge in [-0.3, -0.25) is 4.79 Å². The molecule has 110 valence electrons. The van der Waals surface area contributed by atoms with Gasteiger partial charge in [0.1, 0.15) is 0 Å². The molecule has 20 heavy (non-hydrogen) atoms. The number of anilines is 2. The maximum absolute atomic E-state index is 12.5. The normalized spacial score (nSPS) is 20.3. The maximum atomic E-state index is 12.5. The summed E-state index contributed by atoms with van der Waals surface area (Å²) >= 11 is 0. The molecule has 2 unspecified atom stereocenters. The Hall–Kier alpha value is -1.55. The van der Waals surface area contributed by atoms with Gasteiger partial charge in [0.25, 0.3) is 0 Å². The smallest absolute Gasteiger partial charge is 0.227 e. The van der Waals surface area contributed by atoms with E-state index in [1.807, 2.05) is 30.0 Å². The average molecular weight is 275 g/mol. The summed E-state index contributed by atoms with van der Waals surface area (Å²) in [6.45, 7) is 5.88. The van der Waals surface area contributed by atoms with Gasteiger partial charge in [0.05, 0.1) is 11.4 Å². The fourth-order valence-corrected chi connectivity index (χ4v) is 2.77. The third-order valence-corrected chi connectivity index (χ3v) is 3.78. The van der Waals surface area contributed by atoms with Crippen molar-refractivity contribution in [1.29, 1.82) is 0 Å². The number of hydrogen-bond donors (Lipinski definition) is 1. The van der Waals surface area contributed by atoms with Crippen molar-refractivity contribution in [3.8, 4) is 0 Å². The summed E-state index contributed by atoms with van der Waals surface area (Å²) in [5.41, 5.74) is 7.92. The highest BCUT2D eigenvalue weighted by molar-refractivity contribution is 5.97. The van der Waals surface area contributed by atoms with Gasteiger partial charge in [-0.2, -0.15) is 0 Å². The van der Waals surface area contributed by atoms with Crippen molar-refractivity contribution in [2.45, 2.75) is 32.7 Å². The monoisotopic (exact) mass is 275 g/mol. The summed E-state index contributed by atoms with van der Waals surface area (Å²) in [6.07, 6.45) is 1.25. The van der Waals surface area contributed by atoms with Crippen LogP contribution in [0.1, 0.15) is 26.7 Å². The standard InChI is InChI=1S/C16H25N3O/c1-12-10-18(3)14-6-4-5-7-15(14)19(11-12)16(20)9-8-13(2)17/h4-7,12-13H,8-11,17H2,1-3H3. The number of fused-ring (bicyclic) bond motifs is 1. The van der Waals surface area contributed by atoms with Crippen molar-refractivity contribution in [3.63, 3.8) is 0 Å². The summed E-state index contributed by atoms with van der Waals surface area (Å²) in [6, 6.07) is 8.21. The Morgan fingerprint density at radius 3 is 2.65 bits per heavy atom. The highest BCUT2D eigenvalue weighted by Crippen LogP contribution is 2.33. The molecular formula is C16H25N3O. The van der Waals surface area contributed by atoms with Gasteiger partial charge in [-0.15, -0.1) is 0 Å². The van der Waals surface area contributed by atoms with E-state index in [1.54, 1.807) is 0 Å². The van der Waals surface area contributed by atoms with Gasteiger partial charge in [-0.1, -0.05) is 19.1 Å². The maximum Gasteiger partial charge on any atom is 0.227 e. The molecule has 1 aromatic rings. The van der Waals surface area contributed by atoms with E-state index < -0.39 is 0 Å². The first-order chi connectivity index (χ1) is 9.49. The molecule has 1 heterocycles. The van der Waals surface area contributed by atoms with Gasteiger partial charge in [-0.05, 0) is 31.4 Å². The number of para-hydroxylation sites is 2. The molecule has 2 atom stereocenters. The molecule has 0 aliphatic carbocycles. The van der Waals surface area contributed by atoms with Crippen LogP contribution in [0.15, 0.2) is 24.3 Å². The van der Waals surface area contributed by atoms with Crippen LogP contribution < -0.4 is 15.5 Å². The first-order valence-electron chi connectivity index (χ1n) is 7.35. The zero-order chi connectivity index (χ0) is 14.7. The summed E-state index contributed by atoms with van der Waals surface area (Å²) < 4.78 is 0. The Bertz CT molecular complexity index is 473. The summed E-state index contributed by atoms with van der Waals surface area (Å²) in [7, 11) is 2.09. The molecule has 0 fully saturated rings. The van der Waals surface area contributed by atoms with E-state index in [0.29, 0.717) is 12.3 Å². The third-order valence-electron chi connectivity index (χ3n) is 3.78. The van der Waals surface area contributed by atoms with Crippen LogP contribution in [0.4, 0.5) is 11.4 Å². The first-order valence-corrected chi connectivity index (χ1v) is 7.35. The number of nitrogens with zero attached hydrogens (tertiary/aromatic N) is 2. The molecule has 2 N–H and O–H groups in total. The second kappa shape index (κ2) is 6.27. The van der Waals surface area contributed by atoms with Gasteiger partial charge in [0.2, 0.25) is 5.91 Å². The van der Waals surface area contributed by atoms with E-state index in [4.69, 9.17) is 5.73 Å². The topological polar surface area (TPSA) is 49.6 Å². The molecule has 4 nitrogen and oxygen atoms in total. The first kappa shape index (κ1) is 14.9. The van der Waals surface area contributed by atoms with Crippen molar-refractivity contribution in [2.24, 2.45) is 11.7 Å². The molecule has 0 bridgehead atoms. The average Bonchev–Trinajstić information content (AvgIpc) is 2.53. The molecule has 0 saturated heterocycles. The molecular weight excluding hydrogens is 250 g/mol. The molecule has 1 aliphatic rings. The lowest BCUT2D eigenvalue weighted by Crippen LogP contribution is -2.35. The molecule has 0 radical (unpaired) electrons. The number of carbonyl (C=O) groups is 1. The van der Waals surface area contributed by atoms with Gasteiger partial charge >= 0.3 is 0 Å². The molecule has 1 aromatic carbocycles. The third kappa shape index (κ3) is 3.31. The van der Waals surface area contributed by atoms with Crippen molar-refractivity contribution in [2.75, 3.05) is 29.9 Å². The van der Waals surface area contributed by atoms with Crippen LogP contribution in [0.2, 0.25) is 0 Å². The molecule has 1 amide bonds. The molecule has 4 heteroatoms. The summed E-state index contributed by atoms with van der Waals surface area (Å²) in [5, 5.41) is 0. The van der Waals surface area contributed by atoms with Crippen molar-refractivity contribution in [1.82, 2.24) is 0 Å². The number of amides is 1. The Kier molecular flexibility index (Phi) is 4.65. The summed E-state index contributed by atoms with van der Waals surface area (Å²) in [4.78, 5) is 16.7. The van der Waals surface area contributed by atoms with Crippen molar-refractivity contribution < 1.29 is 4.79 Å². The van der Waals surface area contributed by atoms with Gasteiger partial charge in [-0.25, -0.2) is 0 Å². The lowest BCUT2D eigenvalue weighted by Gasteiger charge is -2.25. The van der Waals surface area contributed by atoms with E-state index in [0.717, 1.165) is 30.9 Å². The fraction of sp³-hybridized carbons (Fsp3) is 0.562. The van der Waals surface area contributed by atoms with Gasteiger partial charge < -0.3 is 15.5 Å². The Morgan fingerprint density at radius 1 is 1.35 bits per heavy atom. The van der Waals surface area contributed by atoms with Gasteiger partial charge in [0.15, 0.2) is 0 Å². The number of carbonyl (C=O) groups excluding carboxylic acids is 1. The van der Waals surface area contributed by atoms with Crippen LogP contribution >= 0.6 is 0 Å². The van der Waals surface area contributed by atoms with Crippen LogP contribution in [0.25, 0.3) is 0 Å². The van der Waals surface area contributed by atoms with Crippen LogP contribution in [-0.4, -0.2) is 32.1 Å². The van der Waals surface area contributed by atoms with Crippen LogP contribution in [0.3, 0.4) is 0 Å². The Balaban J connectivity index is 2.26. The fourth-order valence-electron chi connectivity index (χ4n) is 2.77. The zero-order valence-electron chi connectivity index (χ0n) is 12.7. The second-order valence-electron chi connectivity index (χ2n) is 5.99. The van der Waals surface area contributed by atoms with E-state index >= 15 is 0 Å². The van der Waals surface area contributed by atoms with E-state index in [2.05, 4.69) is 24.9 Å². The highest BCUT2D eigenvalue weighted by Gasteiger charge is 2.26. The van der Waals surface area contributed by atoms with Crippen LogP contribution in [0.5, 0.6) is 0 Å². The van der Waals surface area contributed by atoms with Crippen LogP contribution in [-0.2, 0) is 4.79 Å². The van der Waals surface area contributed by atoms with E-state index in [-0.39, 0.29) is 11.9 Å². The van der Waals surface area contributed by atoms with Crippen molar-refractivity contribution >= 4 is 17.3 Å². The SMILES string of the molecule is CC(N)CCC(=O)N1CC(C)CN(C)c2ccccc21. The Morgan fingerprint density at radius 2 is 2.00 bits per heavy atom. The lowest BCUT2D eigenvalue weighted by atomic mass is 10.1. The minimum absolute atomic E-state index is 0.0706. The molecule has 0 saturated carbocycles. The minimum Gasteiger partial charge on any atom is -0.373 e. The molecule has 1 aliphatic heterocycles. The predicted molar refractivity (Wildman–Crippen MR) is 84.1 cm³/mol. The molecule has 0 spiro atoms. The highest BCUT2D eigenvalue weighted by atomic mass is 16.2. The van der Waals surface area contributed by atoms with E-state index in [9.17, 15) is 4.79 Å². The predicted octanol–water partition coefficient (Wildman–Crippen LogP) is 2.23. The largest absolute Gasteiger partial charge is 0.373 e. The lowest BCUT2D eigenvalue weighted by molar-refractivity contribution is -0.118. The second-order valence-corrected chi connectivity index (χ2v) is 5.99.